The molecule has 4 heteroatoms. The van der Waals surface area contributed by atoms with E-state index >= 15 is 0 Å². The summed E-state index contributed by atoms with van der Waals surface area (Å²) in [6, 6.07) is 20.6. The average molecular weight is 386 g/mol. The summed E-state index contributed by atoms with van der Waals surface area (Å²) >= 11 is 0. The van der Waals surface area contributed by atoms with Crippen LogP contribution in [0.3, 0.4) is 0 Å². The maximum atomic E-state index is 6.50. The van der Waals surface area contributed by atoms with Crippen molar-refractivity contribution in [2.45, 2.75) is 32.4 Å². The van der Waals surface area contributed by atoms with Gasteiger partial charge in [0.05, 0.1) is 5.69 Å². The summed E-state index contributed by atoms with van der Waals surface area (Å²) in [4.78, 5) is 2.11. The van der Waals surface area contributed by atoms with Gasteiger partial charge in [0.2, 0.25) is 0 Å². The van der Waals surface area contributed by atoms with Crippen molar-refractivity contribution >= 4 is 5.82 Å². The van der Waals surface area contributed by atoms with E-state index in [1.165, 1.54) is 5.56 Å². The summed E-state index contributed by atoms with van der Waals surface area (Å²) in [7, 11) is 1.97. The molecule has 2 heterocycles. The highest BCUT2D eigenvalue weighted by molar-refractivity contribution is 5.64. The number of nitrogens with zero attached hydrogens (tertiary/aromatic N) is 3. The fourth-order valence-electron chi connectivity index (χ4n) is 3.55. The quantitative estimate of drug-likeness (QED) is 0.579. The normalized spacial score (nSPS) is 16.3. The fraction of sp³-hybridized carbons (Fsp3) is 0.240. The second kappa shape index (κ2) is 7.63. The SMILES string of the molecule is Cn1nc(-c2ccccc2)cc1N1C=CC=CC1Oc1ccccc1C(C)(C)C. The molecular weight excluding hydrogens is 358 g/mol. The highest BCUT2D eigenvalue weighted by atomic mass is 16.5. The molecule has 1 aromatic heterocycles. The molecule has 4 rings (SSSR count). The molecule has 1 atom stereocenters. The molecule has 2 aromatic carbocycles. The van der Waals surface area contributed by atoms with Crippen molar-refractivity contribution in [3.05, 3.63) is 90.7 Å². The van der Waals surface area contributed by atoms with Crippen molar-refractivity contribution in [1.29, 1.82) is 0 Å². The average Bonchev–Trinajstić information content (AvgIpc) is 3.10. The van der Waals surface area contributed by atoms with Crippen molar-refractivity contribution in [3.8, 4) is 17.0 Å². The molecule has 0 radical (unpaired) electrons. The number of hydrogen-bond acceptors (Lipinski definition) is 3. The van der Waals surface area contributed by atoms with Crippen LogP contribution in [-0.2, 0) is 12.5 Å². The fourth-order valence-corrected chi connectivity index (χ4v) is 3.55. The third-order valence-electron chi connectivity index (χ3n) is 5.04. The summed E-state index contributed by atoms with van der Waals surface area (Å²) in [6.45, 7) is 6.62. The first-order chi connectivity index (χ1) is 13.9. The number of rotatable bonds is 4. The Kier molecular flexibility index (Phi) is 5.01. The molecule has 0 spiro atoms. The lowest BCUT2D eigenvalue weighted by molar-refractivity contribution is 0.245. The minimum atomic E-state index is -0.248. The molecule has 3 aromatic rings. The molecule has 1 aliphatic heterocycles. The van der Waals surface area contributed by atoms with Crippen molar-refractivity contribution in [2.75, 3.05) is 4.90 Å². The van der Waals surface area contributed by atoms with Gasteiger partial charge in [-0.15, -0.1) is 0 Å². The molecule has 148 valence electrons. The predicted octanol–water partition coefficient (Wildman–Crippen LogP) is 5.68. The Labute approximate surface area is 172 Å². The van der Waals surface area contributed by atoms with Crippen molar-refractivity contribution in [2.24, 2.45) is 7.05 Å². The zero-order valence-electron chi connectivity index (χ0n) is 17.4. The maximum Gasteiger partial charge on any atom is 0.197 e. The first kappa shape index (κ1) is 19.1. The van der Waals surface area contributed by atoms with Crippen LogP contribution in [0.25, 0.3) is 11.3 Å². The van der Waals surface area contributed by atoms with Crippen LogP contribution in [0.4, 0.5) is 5.82 Å². The summed E-state index contributed by atoms with van der Waals surface area (Å²) in [6.07, 6.45) is 7.90. The predicted molar refractivity (Wildman–Crippen MR) is 119 cm³/mol. The Bertz CT molecular complexity index is 1040. The number of hydrogen-bond donors (Lipinski definition) is 0. The van der Waals surface area contributed by atoms with E-state index in [2.05, 4.69) is 62.1 Å². The first-order valence-electron chi connectivity index (χ1n) is 9.92. The number of aryl methyl sites for hydroxylation is 1. The zero-order valence-corrected chi connectivity index (χ0v) is 17.4. The van der Waals surface area contributed by atoms with Gasteiger partial charge in [0.15, 0.2) is 6.23 Å². The van der Waals surface area contributed by atoms with Crippen LogP contribution in [0.1, 0.15) is 26.3 Å². The van der Waals surface area contributed by atoms with Gasteiger partial charge >= 0.3 is 0 Å². The van der Waals surface area contributed by atoms with Crippen molar-refractivity contribution in [1.82, 2.24) is 9.78 Å². The number of ether oxygens (including phenoxy) is 1. The van der Waals surface area contributed by atoms with Gasteiger partial charge in [0.1, 0.15) is 11.6 Å². The maximum absolute atomic E-state index is 6.50. The lowest BCUT2D eigenvalue weighted by atomic mass is 9.86. The smallest absolute Gasteiger partial charge is 0.197 e. The molecule has 1 aliphatic rings. The lowest BCUT2D eigenvalue weighted by Crippen LogP contribution is -2.37. The van der Waals surface area contributed by atoms with E-state index in [0.29, 0.717) is 0 Å². The molecule has 0 bridgehead atoms. The molecule has 0 amide bonds. The number of para-hydroxylation sites is 1. The van der Waals surface area contributed by atoms with Gasteiger partial charge in [-0.3, -0.25) is 9.58 Å². The Morgan fingerprint density at radius 2 is 1.66 bits per heavy atom. The van der Waals surface area contributed by atoms with Gasteiger partial charge in [0.25, 0.3) is 0 Å². The van der Waals surface area contributed by atoms with Crippen LogP contribution in [0.2, 0.25) is 0 Å². The molecule has 0 aliphatic carbocycles. The minimum Gasteiger partial charge on any atom is -0.466 e. The summed E-state index contributed by atoms with van der Waals surface area (Å²) in [5.41, 5.74) is 3.24. The molecule has 1 unspecified atom stereocenters. The van der Waals surface area contributed by atoms with Crippen molar-refractivity contribution < 1.29 is 4.74 Å². The van der Waals surface area contributed by atoms with Crippen LogP contribution in [0, 0.1) is 0 Å². The van der Waals surface area contributed by atoms with E-state index in [4.69, 9.17) is 9.84 Å². The largest absolute Gasteiger partial charge is 0.466 e. The third-order valence-corrected chi connectivity index (χ3v) is 5.04. The van der Waals surface area contributed by atoms with Gasteiger partial charge in [-0.1, -0.05) is 75.4 Å². The minimum absolute atomic E-state index is 0.00263. The van der Waals surface area contributed by atoms with E-state index in [9.17, 15) is 0 Å². The third kappa shape index (κ3) is 3.97. The zero-order chi connectivity index (χ0) is 20.4. The van der Waals surface area contributed by atoms with Crippen LogP contribution in [0.15, 0.2) is 85.1 Å². The highest BCUT2D eigenvalue weighted by Gasteiger charge is 2.25. The molecule has 0 N–H and O–H groups in total. The van der Waals surface area contributed by atoms with Crippen molar-refractivity contribution in [3.63, 3.8) is 0 Å². The molecule has 29 heavy (non-hydrogen) atoms. The highest BCUT2D eigenvalue weighted by Crippen LogP contribution is 2.33. The number of anilines is 1. The van der Waals surface area contributed by atoms with E-state index < -0.39 is 0 Å². The monoisotopic (exact) mass is 385 g/mol. The van der Waals surface area contributed by atoms with Crippen LogP contribution in [0.5, 0.6) is 5.75 Å². The van der Waals surface area contributed by atoms with E-state index in [-0.39, 0.29) is 11.6 Å². The summed E-state index contributed by atoms with van der Waals surface area (Å²) in [5, 5.41) is 4.72. The molecule has 0 fully saturated rings. The van der Waals surface area contributed by atoms with Gasteiger partial charge in [-0.2, -0.15) is 5.10 Å². The van der Waals surface area contributed by atoms with Crippen LogP contribution < -0.4 is 9.64 Å². The molecule has 0 saturated carbocycles. The Balaban J connectivity index is 1.66. The van der Waals surface area contributed by atoms with Gasteiger partial charge in [-0.05, 0) is 29.2 Å². The topological polar surface area (TPSA) is 30.3 Å². The summed E-state index contributed by atoms with van der Waals surface area (Å²) in [5.74, 6) is 1.88. The first-order valence-corrected chi connectivity index (χ1v) is 9.92. The van der Waals surface area contributed by atoms with Crippen LogP contribution >= 0.6 is 0 Å². The lowest BCUT2D eigenvalue weighted by Gasteiger charge is -2.32. The number of benzene rings is 2. The number of allylic oxidation sites excluding steroid dienone is 2. The van der Waals surface area contributed by atoms with Crippen LogP contribution in [-0.4, -0.2) is 16.0 Å². The molecular formula is C25H27N3O. The standard InChI is InChI=1S/C25H27N3O/c1-25(2,3)20-14-8-9-15-22(20)29-24-16-10-11-17-28(24)23-18-21(26-27(23)4)19-12-6-5-7-13-19/h5-18,24H,1-4H3. The molecule has 4 nitrogen and oxygen atoms in total. The van der Waals surface area contributed by atoms with Gasteiger partial charge in [0, 0.05) is 24.9 Å². The van der Waals surface area contributed by atoms with E-state index in [1.807, 2.05) is 60.4 Å². The van der Waals surface area contributed by atoms with Gasteiger partial charge < -0.3 is 4.74 Å². The Morgan fingerprint density at radius 3 is 2.41 bits per heavy atom. The summed E-state index contributed by atoms with van der Waals surface area (Å²) < 4.78 is 8.40. The Morgan fingerprint density at radius 1 is 0.931 bits per heavy atom. The molecule has 0 saturated heterocycles. The number of aromatic nitrogens is 2. The Hall–Kier alpha value is -3.27. The van der Waals surface area contributed by atoms with E-state index in [1.54, 1.807) is 0 Å². The van der Waals surface area contributed by atoms with Gasteiger partial charge in [-0.25, -0.2) is 0 Å². The second-order valence-corrected chi connectivity index (χ2v) is 8.27. The second-order valence-electron chi connectivity index (χ2n) is 8.27. The van der Waals surface area contributed by atoms with E-state index in [0.717, 1.165) is 22.8 Å².